The lowest BCUT2D eigenvalue weighted by Crippen LogP contribution is -2.41. The first-order valence-corrected chi connectivity index (χ1v) is 10.5. The maximum atomic E-state index is 12.6. The zero-order valence-electron chi connectivity index (χ0n) is 15.5. The molecule has 1 fully saturated rings. The summed E-state index contributed by atoms with van der Waals surface area (Å²) in [5.41, 5.74) is 1.39. The number of anilines is 1. The van der Waals surface area contributed by atoms with Gasteiger partial charge in [0.25, 0.3) is 0 Å². The van der Waals surface area contributed by atoms with Gasteiger partial charge in [0.2, 0.25) is 11.8 Å². The smallest absolute Gasteiger partial charge is 0.238 e. The molecule has 28 heavy (non-hydrogen) atoms. The predicted octanol–water partition coefficient (Wildman–Crippen LogP) is 3.49. The van der Waals surface area contributed by atoms with Crippen molar-refractivity contribution in [3.8, 4) is 5.75 Å². The van der Waals surface area contributed by atoms with Crippen LogP contribution < -0.4 is 15.4 Å². The van der Waals surface area contributed by atoms with E-state index in [2.05, 4.69) is 20.8 Å². The van der Waals surface area contributed by atoms with Gasteiger partial charge in [-0.15, -0.1) is 16.4 Å². The Balaban J connectivity index is 1.64. The van der Waals surface area contributed by atoms with Gasteiger partial charge in [0, 0.05) is 12.1 Å². The highest BCUT2D eigenvalue weighted by atomic mass is 32.2. The molecule has 0 aliphatic carbocycles. The van der Waals surface area contributed by atoms with Gasteiger partial charge < -0.3 is 15.4 Å². The van der Waals surface area contributed by atoms with Crippen LogP contribution in [-0.2, 0) is 9.59 Å². The zero-order valence-corrected chi connectivity index (χ0v) is 17.1. The molecule has 0 spiro atoms. The molecule has 2 N–H and O–H groups in total. The molecule has 2 heterocycles. The number of nitrogens with zero attached hydrogens (tertiary/aromatic N) is 2. The number of carbonyl (C=O) groups excluding carboxylic acids is 2. The summed E-state index contributed by atoms with van der Waals surface area (Å²) in [6, 6.07) is 11.0. The normalized spacial score (nSPS) is 18.6. The van der Waals surface area contributed by atoms with Crippen LogP contribution in [-0.4, -0.2) is 34.6 Å². The lowest BCUT2D eigenvalue weighted by molar-refractivity contribution is -0.123. The van der Waals surface area contributed by atoms with Crippen molar-refractivity contribution in [1.82, 2.24) is 5.32 Å². The molecule has 0 unspecified atom stereocenters. The topological polar surface area (TPSA) is 92.1 Å². The van der Waals surface area contributed by atoms with E-state index in [-0.39, 0.29) is 18.2 Å². The molecular formula is C19H20N4O3S2. The van der Waals surface area contributed by atoms with Crippen LogP contribution >= 0.6 is 23.1 Å². The molecule has 7 nitrogen and oxygen atoms in total. The number of thioether (sulfide) groups is 1. The van der Waals surface area contributed by atoms with Gasteiger partial charge in [0.1, 0.15) is 11.0 Å². The molecule has 0 saturated carbocycles. The molecule has 9 heteroatoms. The minimum absolute atomic E-state index is 0.0835. The van der Waals surface area contributed by atoms with Crippen LogP contribution in [0.1, 0.15) is 25.1 Å². The summed E-state index contributed by atoms with van der Waals surface area (Å²) in [7, 11) is 0. The molecule has 3 rings (SSSR count). The fraction of sp³-hybridized carbons (Fsp3) is 0.263. The van der Waals surface area contributed by atoms with E-state index in [1.165, 1.54) is 11.8 Å². The summed E-state index contributed by atoms with van der Waals surface area (Å²) >= 11 is 2.75. The predicted molar refractivity (Wildman–Crippen MR) is 114 cm³/mol. The second kappa shape index (κ2) is 9.52. The first-order valence-electron chi connectivity index (χ1n) is 8.71. The summed E-state index contributed by atoms with van der Waals surface area (Å²) < 4.78 is 5.39. The molecule has 1 aromatic heterocycles. The highest BCUT2D eigenvalue weighted by Gasteiger charge is 2.30. The average molecular weight is 417 g/mol. The summed E-state index contributed by atoms with van der Waals surface area (Å²) in [4.78, 5) is 25.5. The maximum Gasteiger partial charge on any atom is 0.238 e. The molecule has 1 saturated heterocycles. The first-order chi connectivity index (χ1) is 13.5. The molecule has 1 aliphatic heterocycles. The van der Waals surface area contributed by atoms with E-state index in [4.69, 9.17) is 4.74 Å². The monoisotopic (exact) mass is 416 g/mol. The highest BCUT2D eigenvalue weighted by Crippen LogP contribution is 2.23. The quantitative estimate of drug-likeness (QED) is 0.557. The number of amidine groups is 1. The molecule has 146 valence electrons. The van der Waals surface area contributed by atoms with E-state index in [0.717, 1.165) is 16.3 Å². The van der Waals surface area contributed by atoms with Gasteiger partial charge in [0.05, 0.1) is 17.2 Å². The second-order valence-electron chi connectivity index (χ2n) is 5.87. The lowest BCUT2D eigenvalue weighted by atomic mass is 10.2. The third kappa shape index (κ3) is 5.43. The van der Waals surface area contributed by atoms with Crippen molar-refractivity contribution in [2.45, 2.75) is 25.5 Å². The van der Waals surface area contributed by atoms with Crippen LogP contribution in [0.5, 0.6) is 5.75 Å². The fourth-order valence-corrected chi connectivity index (χ4v) is 4.02. The van der Waals surface area contributed by atoms with Crippen LogP contribution in [0.3, 0.4) is 0 Å². The van der Waals surface area contributed by atoms with Crippen LogP contribution in [0.2, 0.25) is 0 Å². The van der Waals surface area contributed by atoms with Crippen LogP contribution in [0, 0.1) is 0 Å². The van der Waals surface area contributed by atoms with Crippen LogP contribution in [0.15, 0.2) is 52.0 Å². The minimum Gasteiger partial charge on any atom is -0.494 e. The fourth-order valence-electron chi connectivity index (χ4n) is 2.42. The Labute approximate surface area is 171 Å². The van der Waals surface area contributed by atoms with Crippen molar-refractivity contribution in [3.05, 3.63) is 46.7 Å². The Hall–Kier alpha value is -2.65. The number of benzene rings is 1. The van der Waals surface area contributed by atoms with E-state index >= 15 is 0 Å². The number of ether oxygens (including phenoxy) is 1. The number of carbonyl (C=O) groups is 2. The third-order valence-corrected chi connectivity index (χ3v) is 5.82. The van der Waals surface area contributed by atoms with Gasteiger partial charge in [-0.2, -0.15) is 5.10 Å². The Morgan fingerprint density at radius 2 is 2.11 bits per heavy atom. The van der Waals surface area contributed by atoms with Crippen molar-refractivity contribution < 1.29 is 14.3 Å². The average Bonchev–Trinajstić information content (AvgIpc) is 3.22. The van der Waals surface area contributed by atoms with E-state index in [0.29, 0.717) is 17.5 Å². The van der Waals surface area contributed by atoms with Crippen LogP contribution in [0.25, 0.3) is 0 Å². The Morgan fingerprint density at radius 1 is 1.32 bits per heavy atom. The van der Waals surface area contributed by atoms with E-state index in [1.54, 1.807) is 35.6 Å². The molecule has 0 bridgehead atoms. The van der Waals surface area contributed by atoms with Gasteiger partial charge in [-0.1, -0.05) is 17.8 Å². The molecule has 1 aromatic carbocycles. The molecule has 1 aliphatic rings. The maximum absolute atomic E-state index is 12.6. The summed E-state index contributed by atoms with van der Waals surface area (Å²) in [6.07, 6.45) is 0.0835. The minimum atomic E-state index is -0.573. The first kappa shape index (κ1) is 20.1. The molecule has 0 radical (unpaired) electrons. The molecule has 2 aromatic rings. The number of hydrogen-bond acceptors (Lipinski definition) is 7. The van der Waals surface area contributed by atoms with Crippen molar-refractivity contribution >= 4 is 51.5 Å². The molecule has 1 atom stereocenters. The standard InChI is InChI=1S/C19H20N4O3S2/c1-3-26-14-8-6-13(7-9-14)20-18(25)16-11-17(24)21-19(28-16)23-22-12(2)15-5-4-10-27-15/h4-10,16H,3,11H2,1-2H3,(H,20,25)(H,21,23,24)/b22-12-/t16-/m1/s1. The Morgan fingerprint density at radius 3 is 2.79 bits per heavy atom. The third-order valence-electron chi connectivity index (χ3n) is 3.76. The summed E-state index contributed by atoms with van der Waals surface area (Å²) in [5, 5.41) is 15.5. The van der Waals surface area contributed by atoms with E-state index in [9.17, 15) is 9.59 Å². The van der Waals surface area contributed by atoms with Gasteiger partial charge in [-0.3, -0.25) is 9.59 Å². The number of thiophene rings is 1. The Bertz CT molecular complexity index is 892. The van der Waals surface area contributed by atoms with E-state index < -0.39 is 5.25 Å². The number of nitrogens with one attached hydrogen (secondary N) is 2. The van der Waals surface area contributed by atoms with Gasteiger partial charge in [0.15, 0.2) is 5.17 Å². The summed E-state index contributed by atoms with van der Waals surface area (Å²) in [6.45, 7) is 4.34. The number of hydrogen-bond donors (Lipinski definition) is 2. The lowest BCUT2D eigenvalue weighted by Gasteiger charge is -2.21. The Kier molecular flexibility index (Phi) is 6.83. The van der Waals surface area contributed by atoms with Crippen molar-refractivity contribution in [1.29, 1.82) is 0 Å². The SMILES string of the molecule is CCOc1ccc(NC(=O)[C@H]2CC(=O)N/C(=N\N=C(\C)c3cccs3)S2)cc1. The largest absolute Gasteiger partial charge is 0.494 e. The highest BCUT2D eigenvalue weighted by molar-refractivity contribution is 8.15. The van der Waals surface area contributed by atoms with Crippen molar-refractivity contribution in [2.24, 2.45) is 10.2 Å². The van der Waals surface area contributed by atoms with Gasteiger partial charge in [-0.25, -0.2) is 0 Å². The number of rotatable bonds is 6. The van der Waals surface area contributed by atoms with Gasteiger partial charge >= 0.3 is 0 Å². The molecule has 2 amide bonds. The van der Waals surface area contributed by atoms with Crippen molar-refractivity contribution in [2.75, 3.05) is 11.9 Å². The second-order valence-corrected chi connectivity index (χ2v) is 8.01. The van der Waals surface area contributed by atoms with Gasteiger partial charge in [-0.05, 0) is 49.6 Å². The molecular weight excluding hydrogens is 396 g/mol. The van der Waals surface area contributed by atoms with Crippen LogP contribution in [0.4, 0.5) is 5.69 Å². The zero-order chi connectivity index (χ0) is 19.9. The summed E-state index contributed by atoms with van der Waals surface area (Å²) in [5.74, 6) is 0.226. The number of amides is 2. The van der Waals surface area contributed by atoms with Crippen molar-refractivity contribution in [3.63, 3.8) is 0 Å². The van der Waals surface area contributed by atoms with E-state index in [1.807, 2.05) is 31.4 Å².